The molecule has 2 N–H and O–H groups in total. The first kappa shape index (κ1) is 13.7. The van der Waals surface area contributed by atoms with Gasteiger partial charge >= 0.3 is 0 Å². The summed E-state index contributed by atoms with van der Waals surface area (Å²) in [6.07, 6.45) is 3.08. The van der Waals surface area contributed by atoms with Crippen LogP contribution >= 0.6 is 0 Å². The van der Waals surface area contributed by atoms with Gasteiger partial charge in [0, 0.05) is 0 Å². The Kier molecular flexibility index (Phi) is 3.65. The number of nitrogens with one attached hydrogen (secondary N) is 1. The van der Waals surface area contributed by atoms with Crippen LogP contribution in [-0.2, 0) is 6.42 Å². The van der Waals surface area contributed by atoms with Gasteiger partial charge in [0.05, 0.1) is 11.6 Å². The van der Waals surface area contributed by atoms with Gasteiger partial charge in [-0.25, -0.2) is 0 Å². The number of phenolic OH excluding ortho intramolecular Hbond substituents is 1. The van der Waals surface area contributed by atoms with Crippen molar-refractivity contribution in [3.8, 4) is 5.75 Å². The molecule has 108 valence electrons. The predicted octanol–water partition coefficient (Wildman–Crippen LogP) is 3.51. The Hall–Kier alpha value is -2.29. The van der Waals surface area contributed by atoms with Gasteiger partial charge in [-0.3, -0.25) is 4.79 Å². The number of aryl methyl sites for hydroxylation is 2. The monoisotopic (exact) mass is 281 g/mol. The molecule has 2 aromatic carbocycles. The molecular formula is C18H19NO2. The van der Waals surface area contributed by atoms with Crippen molar-refractivity contribution in [1.82, 2.24) is 5.32 Å². The first-order chi connectivity index (χ1) is 10.1. The molecule has 0 saturated heterocycles. The minimum absolute atomic E-state index is 0.0307. The van der Waals surface area contributed by atoms with Crippen LogP contribution < -0.4 is 5.32 Å². The maximum atomic E-state index is 12.4. The average molecular weight is 281 g/mol. The van der Waals surface area contributed by atoms with Crippen LogP contribution in [0.2, 0.25) is 0 Å². The molecule has 0 bridgehead atoms. The molecule has 1 aliphatic rings. The number of hydrogen-bond acceptors (Lipinski definition) is 2. The molecule has 3 rings (SSSR count). The summed E-state index contributed by atoms with van der Waals surface area (Å²) in [6.45, 7) is 1.89. The SMILES string of the molecule is Cc1ccc(C(=O)NC2CCCc3ccccc32)c(O)c1. The first-order valence-corrected chi connectivity index (χ1v) is 7.33. The van der Waals surface area contributed by atoms with Crippen LogP contribution in [0.15, 0.2) is 42.5 Å². The molecule has 0 aromatic heterocycles. The van der Waals surface area contributed by atoms with Crippen LogP contribution in [-0.4, -0.2) is 11.0 Å². The van der Waals surface area contributed by atoms with E-state index in [2.05, 4.69) is 17.4 Å². The van der Waals surface area contributed by atoms with Crippen molar-refractivity contribution in [3.63, 3.8) is 0 Å². The topological polar surface area (TPSA) is 49.3 Å². The lowest BCUT2D eigenvalue weighted by Gasteiger charge is -2.26. The highest BCUT2D eigenvalue weighted by Gasteiger charge is 2.22. The highest BCUT2D eigenvalue weighted by atomic mass is 16.3. The zero-order valence-electron chi connectivity index (χ0n) is 12.1. The molecule has 1 atom stereocenters. The second-order valence-electron chi connectivity index (χ2n) is 5.64. The van der Waals surface area contributed by atoms with Crippen LogP contribution in [0.4, 0.5) is 0 Å². The lowest BCUT2D eigenvalue weighted by atomic mass is 9.87. The Bertz CT molecular complexity index is 679. The summed E-state index contributed by atoms with van der Waals surface area (Å²) in [5.74, 6) is -0.175. The largest absolute Gasteiger partial charge is 0.507 e. The summed E-state index contributed by atoms with van der Waals surface area (Å²) in [7, 11) is 0. The zero-order chi connectivity index (χ0) is 14.8. The summed E-state index contributed by atoms with van der Waals surface area (Å²) >= 11 is 0. The van der Waals surface area contributed by atoms with Crippen molar-refractivity contribution in [2.24, 2.45) is 0 Å². The Morgan fingerprint density at radius 1 is 1.24 bits per heavy atom. The third-order valence-corrected chi connectivity index (χ3v) is 4.07. The van der Waals surface area contributed by atoms with Gasteiger partial charge in [-0.1, -0.05) is 30.3 Å². The lowest BCUT2D eigenvalue weighted by molar-refractivity contribution is 0.0930. The standard InChI is InChI=1S/C18H19NO2/c1-12-9-10-15(17(20)11-12)18(21)19-16-8-4-6-13-5-2-3-7-14(13)16/h2-3,5,7,9-11,16,20H,4,6,8H2,1H3,(H,19,21). The van der Waals surface area contributed by atoms with Gasteiger partial charge in [0.1, 0.15) is 5.75 Å². The summed E-state index contributed by atoms with van der Waals surface area (Å²) in [5.41, 5.74) is 3.78. The van der Waals surface area contributed by atoms with E-state index >= 15 is 0 Å². The third-order valence-electron chi connectivity index (χ3n) is 4.07. The zero-order valence-corrected chi connectivity index (χ0v) is 12.1. The van der Waals surface area contributed by atoms with Gasteiger partial charge < -0.3 is 10.4 Å². The smallest absolute Gasteiger partial charge is 0.255 e. The second kappa shape index (κ2) is 5.60. The molecule has 0 spiro atoms. The van der Waals surface area contributed by atoms with E-state index in [1.807, 2.05) is 25.1 Å². The van der Waals surface area contributed by atoms with Crippen molar-refractivity contribution in [2.75, 3.05) is 0 Å². The van der Waals surface area contributed by atoms with Crippen molar-refractivity contribution in [2.45, 2.75) is 32.2 Å². The fraction of sp³-hybridized carbons (Fsp3) is 0.278. The number of carbonyl (C=O) groups is 1. The fourth-order valence-electron chi connectivity index (χ4n) is 2.97. The van der Waals surface area contributed by atoms with Crippen LogP contribution in [0.5, 0.6) is 5.75 Å². The van der Waals surface area contributed by atoms with Crippen molar-refractivity contribution < 1.29 is 9.90 Å². The van der Waals surface area contributed by atoms with E-state index in [0.717, 1.165) is 24.8 Å². The molecular weight excluding hydrogens is 262 g/mol. The number of phenols is 1. The lowest BCUT2D eigenvalue weighted by Crippen LogP contribution is -2.31. The predicted molar refractivity (Wildman–Crippen MR) is 82.4 cm³/mol. The van der Waals surface area contributed by atoms with Gasteiger partial charge in [0.25, 0.3) is 5.91 Å². The Morgan fingerprint density at radius 2 is 2.05 bits per heavy atom. The summed E-state index contributed by atoms with van der Waals surface area (Å²) < 4.78 is 0. The van der Waals surface area contributed by atoms with Crippen LogP contribution in [0.1, 0.15) is 45.9 Å². The molecule has 2 aromatic rings. The maximum Gasteiger partial charge on any atom is 0.255 e. The van der Waals surface area contributed by atoms with E-state index in [-0.39, 0.29) is 17.7 Å². The van der Waals surface area contributed by atoms with E-state index in [4.69, 9.17) is 0 Å². The molecule has 1 amide bonds. The number of carbonyl (C=O) groups excluding carboxylic acids is 1. The molecule has 0 heterocycles. The number of aromatic hydroxyl groups is 1. The van der Waals surface area contributed by atoms with E-state index < -0.39 is 0 Å². The van der Waals surface area contributed by atoms with Crippen LogP contribution in [0.3, 0.4) is 0 Å². The maximum absolute atomic E-state index is 12.4. The highest BCUT2D eigenvalue weighted by Crippen LogP contribution is 2.30. The summed E-state index contributed by atoms with van der Waals surface area (Å²) in [4.78, 5) is 12.4. The average Bonchev–Trinajstić information content (AvgIpc) is 2.47. The molecule has 1 aliphatic carbocycles. The van der Waals surface area contributed by atoms with Gasteiger partial charge in [-0.2, -0.15) is 0 Å². The van der Waals surface area contributed by atoms with E-state index in [1.165, 1.54) is 11.1 Å². The fourth-order valence-corrected chi connectivity index (χ4v) is 2.97. The first-order valence-electron chi connectivity index (χ1n) is 7.33. The molecule has 1 unspecified atom stereocenters. The van der Waals surface area contributed by atoms with Gasteiger partial charge in [-0.15, -0.1) is 0 Å². The van der Waals surface area contributed by atoms with Crippen molar-refractivity contribution in [1.29, 1.82) is 0 Å². The highest BCUT2D eigenvalue weighted by molar-refractivity contribution is 5.97. The number of hydrogen-bond donors (Lipinski definition) is 2. The molecule has 0 fully saturated rings. The number of amides is 1. The molecule has 0 aliphatic heterocycles. The summed E-state index contributed by atoms with van der Waals surface area (Å²) in [6, 6.07) is 13.4. The van der Waals surface area contributed by atoms with Gasteiger partial charge in [-0.05, 0) is 55.0 Å². The Morgan fingerprint density at radius 3 is 2.86 bits per heavy atom. The van der Waals surface area contributed by atoms with E-state index in [0.29, 0.717) is 5.56 Å². The van der Waals surface area contributed by atoms with Crippen LogP contribution in [0.25, 0.3) is 0 Å². The van der Waals surface area contributed by atoms with Crippen LogP contribution in [0, 0.1) is 6.92 Å². The van der Waals surface area contributed by atoms with Crippen molar-refractivity contribution in [3.05, 3.63) is 64.7 Å². The normalized spacial score (nSPS) is 17.1. The van der Waals surface area contributed by atoms with Gasteiger partial charge in [0.2, 0.25) is 0 Å². The molecule has 3 nitrogen and oxygen atoms in total. The Balaban J connectivity index is 1.83. The minimum atomic E-state index is -0.214. The second-order valence-corrected chi connectivity index (χ2v) is 5.64. The third kappa shape index (κ3) is 2.77. The molecule has 21 heavy (non-hydrogen) atoms. The number of fused-ring (bicyclic) bond motifs is 1. The molecule has 0 radical (unpaired) electrons. The summed E-state index contributed by atoms with van der Waals surface area (Å²) in [5, 5.41) is 13.0. The quantitative estimate of drug-likeness (QED) is 0.885. The van der Waals surface area contributed by atoms with E-state index in [9.17, 15) is 9.90 Å². The Labute approximate surface area is 124 Å². The number of rotatable bonds is 2. The van der Waals surface area contributed by atoms with Crippen molar-refractivity contribution >= 4 is 5.91 Å². The van der Waals surface area contributed by atoms with E-state index in [1.54, 1.807) is 12.1 Å². The van der Waals surface area contributed by atoms with Gasteiger partial charge in [0.15, 0.2) is 0 Å². The minimum Gasteiger partial charge on any atom is -0.507 e. The molecule has 3 heteroatoms. The molecule has 0 saturated carbocycles. The number of benzene rings is 2.